The molecule has 0 bridgehead atoms. The van der Waals surface area contributed by atoms with Gasteiger partial charge in [-0.3, -0.25) is 4.79 Å². The predicted molar refractivity (Wildman–Crippen MR) is 82.0 cm³/mol. The van der Waals surface area contributed by atoms with Crippen LogP contribution in [-0.4, -0.2) is 43.7 Å². The number of nitrogens with one attached hydrogen (secondary N) is 1. The lowest BCUT2D eigenvalue weighted by molar-refractivity contribution is -0.132. The quantitative estimate of drug-likeness (QED) is 0.872. The van der Waals surface area contributed by atoms with Crippen LogP contribution in [0.15, 0.2) is 24.3 Å². The van der Waals surface area contributed by atoms with Crippen molar-refractivity contribution >= 4 is 18.3 Å². The van der Waals surface area contributed by atoms with E-state index in [4.69, 9.17) is 4.74 Å². The number of carbonyl (C=O) groups is 1. The number of halogens is 2. The van der Waals surface area contributed by atoms with Crippen molar-refractivity contribution in [2.45, 2.75) is 25.5 Å². The van der Waals surface area contributed by atoms with Crippen molar-refractivity contribution in [1.29, 1.82) is 0 Å². The van der Waals surface area contributed by atoms with Crippen LogP contribution in [0.1, 0.15) is 18.4 Å². The Morgan fingerprint density at radius 2 is 2.33 bits per heavy atom. The number of likely N-dealkylation sites (N-methyl/N-ethyl adjacent to an activating group) is 1. The molecule has 1 saturated heterocycles. The molecule has 21 heavy (non-hydrogen) atoms. The Labute approximate surface area is 131 Å². The molecule has 1 fully saturated rings. The summed E-state index contributed by atoms with van der Waals surface area (Å²) in [5.74, 6) is -0.270. The van der Waals surface area contributed by atoms with Gasteiger partial charge in [0.25, 0.3) is 0 Å². The van der Waals surface area contributed by atoms with Crippen LogP contribution in [0.4, 0.5) is 4.39 Å². The summed E-state index contributed by atoms with van der Waals surface area (Å²) < 4.78 is 18.8. The van der Waals surface area contributed by atoms with Gasteiger partial charge in [0.05, 0.1) is 12.6 Å². The van der Waals surface area contributed by atoms with Crippen LogP contribution in [0.5, 0.6) is 0 Å². The van der Waals surface area contributed by atoms with Crippen molar-refractivity contribution < 1.29 is 13.9 Å². The monoisotopic (exact) mass is 316 g/mol. The van der Waals surface area contributed by atoms with E-state index in [1.165, 1.54) is 12.1 Å². The maximum absolute atomic E-state index is 13.2. The first-order valence-electron chi connectivity index (χ1n) is 6.97. The zero-order valence-electron chi connectivity index (χ0n) is 12.2. The molecule has 1 aliphatic rings. The number of rotatable bonds is 6. The lowest BCUT2D eigenvalue weighted by Gasteiger charge is -2.25. The molecule has 2 rings (SSSR count). The lowest BCUT2D eigenvalue weighted by Crippen LogP contribution is -2.41. The Morgan fingerprint density at radius 3 is 2.95 bits per heavy atom. The first-order valence-corrected chi connectivity index (χ1v) is 6.97. The minimum absolute atomic E-state index is 0. The highest BCUT2D eigenvalue weighted by Gasteiger charge is 2.22. The van der Waals surface area contributed by atoms with Crippen LogP contribution in [0, 0.1) is 5.82 Å². The molecule has 0 aromatic heterocycles. The second kappa shape index (κ2) is 8.97. The van der Waals surface area contributed by atoms with Crippen LogP contribution in [0.2, 0.25) is 0 Å². The number of amides is 1. The number of hydrogen-bond donors (Lipinski definition) is 1. The lowest BCUT2D eigenvalue weighted by atomic mass is 10.1. The number of carbonyl (C=O) groups excluding carboxylic acids is 1. The van der Waals surface area contributed by atoms with Gasteiger partial charge in [-0.2, -0.15) is 0 Å². The first-order chi connectivity index (χ1) is 9.69. The highest BCUT2D eigenvalue weighted by Crippen LogP contribution is 2.15. The van der Waals surface area contributed by atoms with Crippen LogP contribution in [0.25, 0.3) is 0 Å². The molecule has 118 valence electrons. The van der Waals surface area contributed by atoms with Gasteiger partial charge in [0.1, 0.15) is 5.82 Å². The minimum Gasteiger partial charge on any atom is -0.376 e. The molecule has 1 aromatic rings. The molecule has 1 heterocycles. The van der Waals surface area contributed by atoms with E-state index in [0.29, 0.717) is 13.1 Å². The van der Waals surface area contributed by atoms with Crippen molar-refractivity contribution in [3.05, 3.63) is 35.6 Å². The molecule has 0 radical (unpaired) electrons. The van der Waals surface area contributed by atoms with Gasteiger partial charge in [-0.15, -0.1) is 12.4 Å². The summed E-state index contributed by atoms with van der Waals surface area (Å²) in [6, 6.07) is 6.37. The van der Waals surface area contributed by atoms with Gasteiger partial charge < -0.3 is 15.0 Å². The normalized spacial score (nSPS) is 17.3. The highest BCUT2D eigenvalue weighted by molar-refractivity contribution is 5.85. The summed E-state index contributed by atoms with van der Waals surface area (Å²) in [5, 5.41) is 2.86. The van der Waals surface area contributed by atoms with Crippen LogP contribution in [0.3, 0.4) is 0 Å². The summed E-state index contributed by atoms with van der Waals surface area (Å²) in [6.45, 7) is 2.02. The molecule has 0 spiro atoms. The smallest absolute Gasteiger partial charge is 0.236 e. The fourth-order valence-electron chi connectivity index (χ4n) is 2.41. The van der Waals surface area contributed by atoms with Crippen LogP contribution in [-0.2, 0) is 16.1 Å². The van der Waals surface area contributed by atoms with E-state index in [1.807, 2.05) is 6.07 Å². The van der Waals surface area contributed by atoms with Gasteiger partial charge in [-0.25, -0.2) is 4.39 Å². The Hall–Kier alpha value is -1.17. The topological polar surface area (TPSA) is 41.6 Å². The van der Waals surface area contributed by atoms with Crippen molar-refractivity contribution in [3.8, 4) is 0 Å². The van der Waals surface area contributed by atoms with Gasteiger partial charge in [0.2, 0.25) is 5.91 Å². The fraction of sp³-hybridized carbons (Fsp3) is 0.533. The van der Waals surface area contributed by atoms with Gasteiger partial charge in [-0.1, -0.05) is 12.1 Å². The molecule has 1 amide bonds. The first kappa shape index (κ1) is 17.9. The molecular weight excluding hydrogens is 295 g/mol. The number of benzene rings is 1. The van der Waals surface area contributed by atoms with Gasteiger partial charge in [-0.05, 0) is 37.6 Å². The molecular formula is C15H22ClFN2O2. The maximum Gasteiger partial charge on any atom is 0.236 e. The minimum atomic E-state index is -0.277. The Morgan fingerprint density at radius 1 is 1.52 bits per heavy atom. The van der Waals surface area contributed by atoms with Crippen molar-refractivity contribution in [2.75, 3.05) is 26.7 Å². The van der Waals surface area contributed by atoms with E-state index < -0.39 is 0 Å². The van der Waals surface area contributed by atoms with Gasteiger partial charge in [0, 0.05) is 19.7 Å². The summed E-state index contributed by atoms with van der Waals surface area (Å²) in [7, 11) is 1.74. The summed E-state index contributed by atoms with van der Waals surface area (Å²) in [4.78, 5) is 13.9. The Balaban J connectivity index is 0.00000220. The summed E-state index contributed by atoms with van der Waals surface area (Å²) in [5.41, 5.74) is 0.799. The molecule has 1 aliphatic heterocycles. The zero-order valence-corrected chi connectivity index (χ0v) is 13.0. The summed E-state index contributed by atoms with van der Waals surface area (Å²) >= 11 is 0. The number of nitrogens with zero attached hydrogens (tertiary/aromatic N) is 1. The standard InChI is InChI=1S/C15H21FN2O2.ClH/c1-17-9-15(19)18(11-14-6-3-7-20-14)10-12-4-2-5-13(16)8-12;/h2,4-5,8,14,17H,3,6-7,9-11H2,1H3;1H. The molecule has 1 N–H and O–H groups in total. The van der Waals surface area contributed by atoms with E-state index in [9.17, 15) is 9.18 Å². The van der Waals surface area contributed by atoms with Gasteiger partial charge in [0.15, 0.2) is 0 Å². The third kappa shape index (κ3) is 5.61. The zero-order chi connectivity index (χ0) is 14.4. The second-order valence-electron chi connectivity index (χ2n) is 5.07. The molecule has 0 aliphatic carbocycles. The predicted octanol–water partition coefficient (Wildman–Crippen LogP) is 1.97. The van der Waals surface area contributed by atoms with Gasteiger partial charge >= 0.3 is 0 Å². The summed E-state index contributed by atoms with van der Waals surface area (Å²) in [6.07, 6.45) is 2.12. The van der Waals surface area contributed by atoms with Crippen molar-refractivity contribution in [2.24, 2.45) is 0 Å². The number of hydrogen-bond acceptors (Lipinski definition) is 3. The third-order valence-corrected chi connectivity index (χ3v) is 3.39. The molecule has 6 heteroatoms. The SMILES string of the molecule is CNCC(=O)N(Cc1cccc(F)c1)CC1CCCO1.Cl. The Kier molecular flexibility index (Phi) is 7.64. The number of ether oxygens (including phenoxy) is 1. The van der Waals surface area contributed by atoms with E-state index in [2.05, 4.69) is 5.32 Å². The third-order valence-electron chi connectivity index (χ3n) is 3.39. The second-order valence-corrected chi connectivity index (χ2v) is 5.07. The van der Waals surface area contributed by atoms with E-state index >= 15 is 0 Å². The molecule has 1 atom stereocenters. The maximum atomic E-state index is 13.2. The van der Waals surface area contributed by atoms with Crippen molar-refractivity contribution in [3.63, 3.8) is 0 Å². The van der Waals surface area contributed by atoms with E-state index in [1.54, 1.807) is 18.0 Å². The highest BCUT2D eigenvalue weighted by atomic mass is 35.5. The van der Waals surface area contributed by atoms with Crippen LogP contribution >= 0.6 is 12.4 Å². The van der Waals surface area contributed by atoms with Crippen molar-refractivity contribution in [1.82, 2.24) is 10.2 Å². The molecule has 1 unspecified atom stereocenters. The molecule has 4 nitrogen and oxygen atoms in total. The van der Waals surface area contributed by atoms with E-state index in [-0.39, 0.29) is 36.8 Å². The van der Waals surface area contributed by atoms with Crippen LogP contribution < -0.4 is 5.32 Å². The molecule has 0 saturated carbocycles. The molecule has 1 aromatic carbocycles. The Bertz CT molecular complexity index is 453. The average molecular weight is 317 g/mol. The average Bonchev–Trinajstić information content (AvgIpc) is 2.91. The fourth-order valence-corrected chi connectivity index (χ4v) is 2.41. The van der Waals surface area contributed by atoms with E-state index in [0.717, 1.165) is 25.0 Å². The largest absolute Gasteiger partial charge is 0.376 e.